The summed E-state index contributed by atoms with van der Waals surface area (Å²) >= 11 is 1.60. The van der Waals surface area contributed by atoms with Gasteiger partial charge >= 0.3 is 0 Å². The molecule has 0 saturated carbocycles. The van der Waals surface area contributed by atoms with E-state index in [1.54, 1.807) is 17.4 Å². The lowest BCUT2D eigenvalue weighted by atomic mass is 10.1. The molecule has 0 atom stereocenters. The van der Waals surface area contributed by atoms with Crippen molar-refractivity contribution >= 4 is 17.2 Å². The lowest BCUT2D eigenvalue weighted by Crippen LogP contribution is -2.22. The monoisotopic (exact) mass is 308 g/mol. The molecule has 0 aliphatic carbocycles. The zero-order chi connectivity index (χ0) is 15.4. The Bertz CT molecular complexity index is 656. The number of halogens is 1. The molecule has 1 heterocycles. The molecule has 7 heteroatoms. The summed E-state index contributed by atoms with van der Waals surface area (Å²) in [4.78, 5) is 7.47. The molecule has 0 radical (unpaired) electrons. The third-order valence-electron chi connectivity index (χ3n) is 3.15. The van der Waals surface area contributed by atoms with Crippen molar-refractivity contribution in [2.45, 2.75) is 20.0 Å². The van der Waals surface area contributed by atoms with Gasteiger partial charge in [-0.15, -0.1) is 11.3 Å². The summed E-state index contributed by atoms with van der Waals surface area (Å²) in [6.45, 7) is 3.27. The number of oxime groups is 1. The molecule has 3 N–H and O–H groups in total. The van der Waals surface area contributed by atoms with E-state index in [0.717, 1.165) is 17.8 Å². The highest BCUT2D eigenvalue weighted by molar-refractivity contribution is 7.09. The number of nitrogens with zero attached hydrogens (tertiary/aromatic N) is 3. The van der Waals surface area contributed by atoms with Crippen molar-refractivity contribution < 1.29 is 9.60 Å². The second-order valence-corrected chi connectivity index (χ2v) is 5.76. The number of amidine groups is 1. The minimum absolute atomic E-state index is 0.0909. The summed E-state index contributed by atoms with van der Waals surface area (Å²) in [5.41, 5.74) is 9.65. The molecule has 0 amide bonds. The summed E-state index contributed by atoms with van der Waals surface area (Å²) in [5.74, 6) is -0.506. The predicted octanol–water partition coefficient (Wildman–Crippen LogP) is 2.32. The van der Waals surface area contributed by atoms with E-state index in [0.29, 0.717) is 12.1 Å². The van der Waals surface area contributed by atoms with E-state index in [1.807, 2.05) is 19.5 Å². The SMILES string of the molecule is Cc1ncsc1CN(C)Cc1ccc(F)cc1C(N)=NO. The van der Waals surface area contributed by atoms with E-state index >= 15 is 0 Å². The topological polar surface area (TPSA) is 74.7 Å². The second kappa shape index (κ2) is 6.64. The Labute approximate surface area is 126 Å². The molecule has 21 heavy (non-hydrogen) atoms. The third-order valence-corrected chi connectivity index (χ3v) is 4.07. The average molecular weight is 308 g/mol. The van der Waals surface area contributed by atoms with Crippen molar-refractivity contribution in [3.8, 4) is 0 Å². The molecule has 0 bridgehead atoms. The van der Waals surface area contributed by atoms with Gasteiger partial charge in [0.1, 0.15) is 5.82 Å². The van der Waals surface area contributed by atoms with E-state index in [9.17, 15) is 4.39 Å². The van der Waals surface area contributed by atoms with E-state index in [4.69, 9.17) is 10.9 Å². The summed E-state index contributed by atoms with van der Waals surface area (Å²) < 4.78 is 13.3. The number of aryl methyl sites for hydroxylation is 1. The quantitative estimate of drug-likeness (QED) is 0.385. The maximum absolute atomic E-state index is 13.3. The first kappa shape index (κ1) is 15.4. The lowest BCUT2D eigenvalue weighted by molar-refractivity contribution is 0.316. The van der Waals surface area contributed by atoms with Gasteiger partial charge in [0.05, 0.1) is 11.2 Å². The highest BCUT2D eigenvalue weighted by atomic mass is 32.1. The van der Waals surface area contributed by atoms with Gasteiger partial charge in [-0.2, -0.15) is 0 Å². The van der Waals surface area contributed by atoms with Gasteiger partial charge in [-0.05, 0) is 31.7 Å². The second-order valence-electron chi connectivity index (χ2n) is 4.82. The summed E-state index contributed by atoms with van der Waals surface area (Å²) in [5, 5.41) is 11.8. The van der Waals surface area contributed by atoms with Gasteiger partial charge in [0, 0.05) is 23.5 Å². The van der Waals surface area contributed by atoms with Crippen LogP contribution in [0.15, 0.2) is 28.9 Å². The molecule has 1 aromatic carbocycles. The Hall–Kier alpha value is -1.99. The third kappa shape index (κ3) is 3.77. The fraction of sp³-hybridized carbons (Fsp3) is 0.286. The van der Waals surface area contributed by atoms with E-state index in [-0.39, 0.29) is 5.84 Å². The van der Waals surface area contributed by atoms with Crippen molar-refractivity contribution in [1.29, 1.82) is 0 Å². The average Bonchev–Trinajstić information content (AvgIpc) is 2.85. The number of benzene rings is 1. The number of nitrogens with two attached hydrogens (primary N) is 1. The smallest absolute Gasteiger partial charge is 0.170 e. The predicted molar refractivity (Wildman–Crippen MR) is 80.9 cm³/mol. The van der Waals surface area contributed by atoms with Crippen LogP contribution in [0.25, 0.3) is 0 Å². The van der Waals surface area contributed by atoms with E-state index in [1.165, 1.54) is 17.0 Å². The molecule has 0 spiro atoms. The van der Waals surface area contributed by atoms with Crippen molar-refractivity contribution in [2.24, 2.45) is 10.9 Å². The molecule has 0 aliphatic rings. The normalized spacial score (nSPS) is 12.1. The number of thiazole rings is 1. The molecule has 2 aromatic rings. The van der Waals surface area contributed by atoms with Crippen LogP contribution in [0.4, 0.5) is 4.39 Å². The van der Waals surface area contributed by atoms with Gasteiger partial charge in [-0.25, -0.2) is 9.37 Å². The molecule has 1 aromatic heterocycles. The largest absolute Gasteiger partial charge is 0.409 e. The molecule has 0 unspecified atom stereocenters. The zero-order valence-electron chi connectivity index (χ0n) is 11.9. The Morgan fingerprint density at radius 1 is 1.48 bits per heavy atom. The maximum atomic E-state index is 13.3. The number of aromatic nitrogens is 1. The van der Waals surface area contributed by atoms with Crippen LogP contribution in [-0.4, -0.2) is 28.0 Å². The Kier molecular flexibility index (Phi) is 4.87. The van der Waals surface area contributed by atoms with Gasteiger partial charge in [0.15, 0.2) is 5.84 Å². The van der Waals surface area contributed by atoms with Crippen molar-refractivity contribution in [3.63, 3.8) is 0 Å². The van der Waals surface area contributed by atoms with Gasteiger partial charge < -0.3 is 10.9 Å². The van der Waals surface area contributed by atoms with Gasteiger partial charge in [0.25, 0.3) is 0 Å². The van der Waals surface area contributed by atoms with Crippen LogP contribution in [0.5, 0.6) is 0 Å². The molecule has 5 nitrogen and oxygen atoms in total. The summed E-state index contributed by atoms with van der Waals surface area (Å²) in [6.07, 6.45) is 0. The molecular weight excluding hydrogens is 291 g/mol. The first-order valence-electron chi connectivity index (χ1n) is 6.35. The standard InChI is InChI=1S/C14H17FN4OS/c1-9-13(21-8-17-9)7-19(2)6-10-3-4-11(15)5-12(10)14(16)18-20/h3-5,8,20H,6-7H2,1-2H3,(H2,16,18). The zero-order valence-corrected chi connectivity index (χ0v) is 12.7. The van der Waals surface area contributed by atoms with Gasteiger partial charge in [-0.1, -0.05) is 11.2 Å². The highest BCUT2D eigenvalue weighted by Gasteiger charge is 2.12. The van der Waals surface area contributed by atoms with E-state index in [2.05, 4.69) is 15.0 Å². The van der Waals surface area contributed by atoms with Crippen LogP contribution >= 0.6 is 11.3 Å². The minimum Gasteiger partial charge on any atom is -0.409 e. The van der Waals surface area contributed by atoms with Crippen LogP contribution in [-0.2, 0) is 13.1 Å². The number of hydrogen-bond acceptors (Lipinski definition) is 5. The van der Waals surface area contributed by atoms with Crippen LogP contribution in [0.3, 0.4) is 0 Å². The number of rotatable bonds is 5. The molecule has 2 rings (SSSR count). The Balaban J connectivity index is 2.17. The summed E-state index contributed by atoms with van der Waals surface area (Å²) in [7, 11) is 1.96. The molecule has 0 saturated heterocycles. The van der Waals surface area contributed by atoms with E-state index < -0.39 is 5.82 Å². The first-order valence-corrected chi connectivity index (χ1v) is 7.23. The van der Waals surface area contributed by atoms with Crippen LogP contribution < -0.4 is 5.73 Å². The Morgan fingerprint density at radius 2 is 2.24 bits per heavy atom. The van der Waals surface area contributed by atoms with Gasteiger partial charge in [-0.3, -0.25) is 4.90 Å². The van der Waals surface area contributed by atoms with Crippen molar-refractivity contribution in [1.82, 2.24) is 9.88 Å². The number of hydrogen-bond donors (Lipinski definition) is 2. The van der Waals surface area contributed by atoms with Crippen molar-refractivity contribution in [3.05, 3.63) is 51.2 Å². The molecule has 0 aliphatic heterocycles. The van der Waals surface area contributed by atoms with Crippen molar-refractivity contribution in [2.75, 3.05) is 7.05 Å². The van der Waals surface area contributed by atoms with Crippen LogP contribution in [0, 0.1) is 12.7 Å². The minimum atomic E-state index is -0.415. The molecule has 0 fully saturated rings. The fourth-order valence-electron chi connectivity index (χ4n) is 2.05. The maximum Gasteiger partial charge on any atom is 0.170 e. The Morgan fingerprint density at radius 3 is 2.86 bits per heavy atom. The van der Waals surface area contributed by atoms with Crippen LogP contribution in [0.1, 0.15) is 21.7 Å². The first-order chi connectivity index (χ1) is 10.0. The molecular formula is C14H17FN4OS. The fourth-order valence-corrected chi connectivity index (χ4v) is 2.90. The lowest BCUT2D eigenvalue weighted by Gasteiger charge is -2.18. The molecule has 112 valence electrons. The summed E-state index contributed by atoms with van der Waals surface area (Å²) in [6, 6.07) is 4.30. The van der Waals surface area contributed by atoms with Gasteiger partial charge in [0.2, 0.25) is 0 Å². The van der Waals surface area contributed by atoms with Crippen LogP contribution in [0.2, 0.25) is 0 Å². The highest BCUT2D eigenvalue weighted by Crippen LogP contribution is 2.18.